The normalized spacial score (nSPS) is 17.9. The van der Waals surface area contributed by atoms with E-state index in [9.17, 15) is 9.18 Å². The largest absolute Gasteiger partial charge is 0.496 e. The van der Waals surface area contributed by atoms with Crippen molar-refractivity contribution in [1.82, 2.24) is 19.5 Å². The Morgan fingerprint density at radius 3 is 2.65 bits per heavy atom. The number of aromatic nitrogens is 3. The molecule has 34 heavy (non-hydrogen) atoms. The Balaban J connectivity index is 1.22. The number of hydrogen-bond donors (Lipinski definition) is 0. The number of fused-ring (bicyclic) bond motifs is 1. The van der Waals surface area contributed by atoms with E-state index in [0.717, 1.165) is 60.9 Å². The van der Waals surface area contributed by atoms with Crippen LogP contribution in [0.15, 0.2) is 36.5 Å². The quantitative estimate of drug-likeness (QED) is 0.476. The first-order chi connectivity index (χ1) is 16.6. The summed E-state index contributed by atoms with van der Waals surface area (Å²) in [5.41, 5.74) is 2.48. The van der Waals surface area contributed by atoms with Gasteiger partial charge in [-0.2, -0.15) is 5.10 Å². The van der Waals surface area contributed by atoms with E-state index in [1.807, 2.05) is 23.2 Å². The average Bonchev–Trinajstić information content (AvgIpc) is 3.31. The average molecular weight is 465 g/mol. The van der Waals surface area contributed by atoms with Crippen LogP contribution in [0.1, 0.15) is 69.5 Å². The van der Waals surface area contributed by atoms with E-state index in [1.165, 1.54) is 51.3 Å². The molecule has 5 rings (SSSR count). The molecule has 3 aromatic rings. The molecule has 6 nitrogen and oxygen atoms in total. The van der Waals surface area contributed by atoms with Gasteiger partial charge in [-0.25, -0.2) is 13.9 Å². The number of carbonyl (C=O) groups excluding carboxylic acids is 1. The van der Waals surface area contributed by atoms with Crippen LogP contribution >= 0.6 is 0 Å². The molecule has 1 saturated carbocycles. The van der Waals surface area contributed by atoms with Crippen LogP contribution in [0.3, 0.4) is 0 Å². The van der Waals surface area contributed by atoms with Crippen LogP contribution in [-0.4, -0.2) is 45.6 Å². The standard InChI is InChI=1S/C27H33FN4O2/c1-34-24-17-22(28)9-10-23(24)21-8-11-25-29-27(30-32(25)18-21)20-13-15-31(16-14-20)26(33)12-7-19-5-3-2-4-6-19/h8-11,17-20H,2-7,12-16H2,1H3. The molecule has 0 N–H and O–H groups in total. The Hall–Kier alpha value is -2.96. The van der Waals surface area contributed by atoms with Gasteiger partial charge in [0.25, 0.3) is 0 Å². The fourth-order valence-corrected chi connectivity index (χ4v) is 5.48. The van der Waals surface area contributed by atoms with Crippen LogP contribution in [0, 0.1) is 11.7 Å². The van der Waals surface area contributed by atoms with Gasteiger partial charge in [0.1, 0.15) is 11.6 Å². The first kappa shape index (κ1) is 22.8. The summed E-state index contributed by atoms with van der Waals surface area (Å²) in [5.74, 6) is 2.30. The molecule has 3 heterocycles. The molecule has 180 valence electrons. The van der Waals surface area contributed by atoms with Crippen molar-refractivity contribution in [2.24, 2.45) is 5.92 Å². The van der Waals surface area contributed by atoms with Crippen molar-refractivity contribution >= 4 is 11.6 Å². The van der Waals surface area contributed by atoms with Crippen LogP contribution in [0.2, 0.25) is 0 Å². The van der Waals surface area contributed by atoms with Gasteiger partial charge in [-0.15, -0.1) is 0 Å². The van der Waals surface area contributed by atoms with Crippen LogP contribution in [0.5, 0.6) is 5.75 Å². The van der Waals surface area contributed by atoms with Crippen LogP contribution in [0.25, 0.3) is 16.8 Å². The molecule has 0 atom stereocenters. The van der Waals surface area contributed by atoms with Crippen LogP contribution in [0.4, 0.5) is 4.39 Å². The minimum absolute atomic E-state index is 0.256. The number of rotatable bonds is 6. The van der Waals surface area contributed by atoms with Crippen molar-refractivity contribution in [1.29, 1.82) is 0 Å². The van der Waals surface area contributed by atoms with Gasteiger partial charge in [-0.3, -0.25) is 4.79 Å². The maximum atomic E-state index is 13.6. The van der Waals surface area contributed by atoms with Crippen molar-refractivity contribution in [3.8, 4) is 16.9 Å². The van der Waals surface area contributed by atoms with Crippen LogP contribution < -0.4 is 4.74 Å². The highest BCUT2D eigenvalue weighted by atomic mass is 19.1. The molecule has 0 unspecified atom stereocenters. The maximum absolute atomic E-state index is 13.6. The second kappa shape index (κ2) is 10.1. The zero-order valence-corrected chi connectivity index (χ0v) is 19.9. The highest BCUT2D eigenvalue weighted by Gasteiger charge is 2.27. The fraction of sp³-hybridized carbons (Fsp3) is 0.519. The summed E-state index contributed by atoms with van der Waals surface area (Å²) in [4.78, 5) is 19.5. The van der Waals surface area contributed by atoms with Gasteiger partial charge in [-0.05, 0) is 49.4 Å². The van der Waals surface area contributed by atoms with E-state index < -0.39 is 0 Å². The number of amides is 1. The van der Waals surface area contributed by atoms with Gasteiger partial charge < -0.3 is 9.64 Å². The summed E-state index contributed by atoms with van der Waals surface area (Å²) in [6.07, 6.45) is 12.0. The third-order valence-corrected chi connectivity index (χ3v) is 7.53. The lowest BCUT2D eigenvalue weighted by atomic mass is 9.86. The molecule has 1 aromatic carbocycles. The number of piperidine rings is 1. The molecule has 0 bridgehead atoms. The van der Waals surface area contributed by atoms with Crippen molar-refractivity contribution in [3.63, 3.8) is 0 Å². The van der Waals surface area contributed by atoms with E-state index in [1.54, 1.807) is 10.6 Å². The van der Waals surface area contributed by atoms with Crippen LogP contribution in [-0.2, 0) is 4.79 Å². The van der Waals surface area contributed by atoms with Crippen molar-refractivity contribution in [2.45, 2.75) is 63.7 Å². The molecule has 7 heteroatoms. The molecule has 1 amide bonds. The molecule has 2 fully saturated rings. The molecule has 1 aliphatic carbocycles. The van der Waals surface area contributed by atoms with Gasteiger partial charge in [0.05, 0.1) is 7.11 Å². The zero-order valence-electron chi connectivity index (χ0n) is 19.9. The van der Waals surface area contributed by atoms with E-state index in [4.69, 9.17) is 14.8 Å². The van der Waals surface area contributed by atoms with E-state index >= 15 is 0 Å². The van der Waals surface area contributed by atoms with Crippen molar-refractivity contribution in [3.05, 3.63) is 48.2 Å². The summed E-state index contributed by atoms with van der Waals surface area (Å²) in [6.45, 7) is 1.56. The molecule has 1 saturated heterocycles. The van der Waals surface area contributed by atoms with E-state index in [-0.39, 0.29) is 11.7 Å². The second-order valence-corrected chi connectivity index (χ2v) is 9.73. The Morgan fingerprint density at radius 1 is 1.09 bits per heavy atom. The number of likely N-dealkylation sites (tertiary alicyclic amines) is 1. The topological polar surface area (TPSA) is 59.7 Å². The van der Waals surface area contributed by atoms with E-state index in [2.05, 4.69) is 0 Å². The number of hydrogen-bond acceptors (Lipinski definition) is 4. The molecular weight excluding hydrogens is 431 g/mol. The number of halogens is 1. The Morgan fingerprint density at radius 2 is 1.88 bits per heavy atom. The summed E-state index contributed by atoms with van der Waals surface area (Å²) < 4.78 is 20.7. The summed E-state index contributed by atoms with van der Waals surface area (Å²) in [6, 6.07) is 8.42. The van der Waals surface area contributed by atoms with Gasteiger partial charge >= 0.3 is 0 Å². The molecular formula is C27H33FN4O2. The lowest BCUT2D eigenvalue weighted by Gasteiger charge is -2.31. The predicted octanol–water partition coefficient (Wildman–Crippen LogP) is 5.61. The Kier molecular flexibility index (Phi) is 6.79. The third-order valence-electron chi connectivity index (χ3n) is 7.53. The minimum atomic E-state index is -0.330. The Bertz CT molecular complexity index is 1150. The second-order valence-electron chi connectivity index (χ2n) is 9.73. The number of carbonyl (C=O) groups is 1. The fourth-order valence-electron chi connectivity index (χ4n) is 5.48. The van der Waals surface area contributed by atoms with Gasteiger partial charge in [0, 0.05) is 48.8 Å². The maximum Gasteiger partial charge on any atom is 0.222 e. The molecule has 1 aliphatic heterocycles. The third kappa shape index (κ3) is 4.93. The van der Waals surface area contributed by atoms with Crippen molar-refractivity contribution in [2.75, 3.05) is 20.2 Å². The summed E-state index contributed by atoms with van der Waals surface area (Å²) in [5, 5.41) is 4.75. The monoisotopic (exact) mass is 464 g/mol. The first-order valence-electron chi connectivity index (χ1n) is 12.6. The highest BCUT2D eigenvalue weighted by molar-refractivity contribution is 5.76. The first-order valence-corrected chi connectivity index (χ1v) is 12.6. The Labute approximate surface area is 200 Å². The SMILES string of the molecule is COc1cc(F)ccc1-c1ccc2nc(C3CCN(C(=O)CCC4CCCCC4)CC3)nn2c1. The van der Waals surface area contributed by atoms with Crippen molar-refractivity contribution < 1.29 is 13.9 Å². The summed E-state index contributed by atoms with van der Waals surface area (Å²) >= 11 is 0. The number of benzene rings is 1. The molecule has 2 aromatic heterocycles. The van der Waals surface area contributed by atoms with E-state index in [0.29, 0.717) is 18.1 Å². The van der Waals surface area contributed by atoms with Gasteiger partial charge in [-0.1, -0.05) is 32.1 Å². The predicted molar refractivity (Wildman–Crippen MR) is 129 cm³/mol. The van der Waals surface area contributed by atoms with Gasteiger partial charge in [0.15, 0.2) is 11.5 Å². The smallest absolute Gasteiger partial charge is 0.222 e. The lowest BCUT2D eigenvalue weighted by Crippen LogP contribution is -2.38. The number of pyridine rings is 1. The summed E-state index contributed by atoms with van der Waals surface area (Å²) in [7, 11) is 1.54. The zero-order chi connectivity index (χ0) is 23.5. The number of ether oxygens (including phenoxy) is 1. The van der Waals surface area contributed by atoms with Gasteiger partial charge in [0.2, 0.25) is 5.91 Å². The number of methoxy groups -OCH3 is 1. The highest BCUT2D eigenvalue weighted by Crippen LogP contribution is 2.32. The molecule has 2 aliphatic rings. The molecule has 0 spiro atoms. The lowest BCUT2D eigenvalue weighted by molar-refractivity contribution is -0.132. The minimum Gasteiger partial charge on any atom is -0.496 e. The number of nitrogens with zero attached hydrogens (tertiary/aromatic N) is 4. The molecule has 0 radical (unpaired) electrons.